The number of ether oxygens (including phenoxy) is 4. The number of rotatable bonds is 6. The van der Waals surface area contributed by atoms with Crippen LogP contribution in [0.3, 0.4) is 0 Å². The first-order valence-corrected chi connectivity index (χ1v) is 6.95. The molecule has 2 rings (SSSR count). The zero-order valence-corrected chi connectivity index (χ0v) is 13.8. The third kappa shape index (κ3) is 2.92. The maximum Gasteiger partial charge on any atom is 0.205 e. The lowest BCUT2D eigenvalue weighted by atomic mass is 10.00. The largest absolute Gasteiger partial charge is 0.494 e. The molecule has 0 aliphatic carbocycles. The first-order chi connectivity index (χ1) is 11.5. The molecule has 0 unspecified atom stereocenters. The Bertz CT molecular complexity index is 776. The SMILES string of the molecule is COc1ccc(C(=O)c2cc(OC)c(OC)c(OC)c2N)cc1F. The van der Waals surface area contributed by atoms with Gasteiger partial charge < -0.3 is 24.7 Å². The Balaban J connectivity index is 2.59. The van der Waals surface area contributed by atoms with Crippen LogP contribution in [0.15, 0.2) is 24.3 Å². The van der Waals surface area contributed by atoms with E-state index in [-0.39, 0.29) is 39.8 Å². The maximum atomic E-state index is 13.9. The molecule has 0 heterocycles. The Kier molecular flexibility index (Phi) is 5.13. The summed E-state index contributed by atoms with van der Waals surface area (Å²) in [6, 6.07) is 5.34. The second-order valence-electron chi connectivity index (χ2n) is 4.79. The van der Waals surface area contributed by atoms with E-state index in [0.717, 1.165) is 6.07 Å². The van der Waals surface area contributed by atoms with Crippen molar-refractivity contribution in [2.75, 3.05) is 34.2 Å². The van der Waals surface area contributed by atoms with Crippen LogP contribution in [0.4, 0.5) is 10.1 Å². The van der Waals surface area contributed by atoms with Gasteiger partial charge in [-0.15, -0.1) is 0 Å². The van der Waals surface area contributed by atoms with E-state index >= 15 is 0 Å². The van der Waals surface area contributed by atoms with Crippen molar-refractivity contribution < 1.29 is 28.1 Å². The number of halogens is 1. The van der Waals surface area contributed by atoms with Gasteiger partial charge in [0, 0.05) is 5.56 Å². The predicted molar refractivity (Wildman–Crippen MR) is 86.9 cm³/mol. The molecule has 7 heteroatoms. The van der Waals surface area contributed by atoms with Gasteiger partial charge in [-0.05, 0) is 24.3 Å². The molecule has 0 aromatic heterocycles. The summed E-state index contributed by atoms with van der Waals surface area (Å²) >= 11 is 0. The van der Waals surface area contributed by atoms with E-state index in [1.165, 1.54) is 46.6 Å². The van der Waals surface area contributed by atoms with Gasteiger partial charge >= 0.3 is 0 Å². The van der Waals surface area contributed by atoms with Crippen LogP contribution >= 0.6 is 0 Å². The first-order valence-electron chi connectivity index (χ1n) is 6.95. The lowest BCUT2D eigenvalue weighted by molar-refractivity contribution is 0.103. The summed E-state index contributed by atoms with van der Waals surface area (Å²) in [7, 11) is 5.60. The highest BCUT2D eigenvalue weighted by atomic mass is 19.1. The Labute approximate surface area is 138 Å². The minimum Gasteiger partial charge on any atom is -0.494 e. The summed E-state index contributed by atoms with van der Waals surface area (Å²) in [5.41, 5.74) is 6.35. The van der Waals surface area contributed by atoms with Crippen LogP contribution in [0, 0.1) is 5.82 Å². The summed E-state index contributed by atoms with van der Waals surface area (Å²) in [6.07, 6.45) is 0. The highest BCUT2D eigenvalue weighted by molar-refractivity contribution is 6.13. The van der Waals surface area contributed by atoms with Crippen LogP contribution in [0.2, 0.25) is 0 Å². The van der Waals surface area contributed by atoms with E-state index < -0.39 is 11.6 Å². The van der Waals surface area contributed by atoms with E-state index in [2.05, 4.69) is 0 Å². The van der Waals surface area contributed by atoms with Crippen molar-refractivity contribution >= 4 is 11.5 Å². The standard InChI is InChI=1S/C17H18FNO5/c1-21-12-6-5-9(7-11(12)18)15(20)10-8-13(22-2)16(23-3)17(24-4)14(10)19/h5-8H,19H2,1-4H3. The van der Waals surface area contributed by atoms with Crippen LogP contribution < -0.4 is 24.7 Å². The average Bonchev–Trinajstić information content (AvgIpc) is 2.60. The molecule has 128 valence electrons. The third-order valence-corrected chi connectivity index (χ3v) is 3.53. The number of carbonyl (C=O) groups is 1. The second-order valence-corrected chi connectivity index (χ2v) is 4.79. The van der Waals surface area contributed by atoms with Gasteiger partial charge in [-0.1, -0.05) is 0 Å². The summed E-state index contributed by atoms with van der Waals surface area (Å²) < 4.78 is 34.3. The van der Waals surface area contributed by atoms with Gasteiger partial charge in [-0.2, -0.15) is 0 Å². The smallest absolute Gasteiger partial charge is 0.205 e. The van der Waals surface area contributed by atoms with E-state index in [4.69, 9.17) is 24.7 Å². The fourth-order valence-corrected chi connectivity index (χ4v) is 2.33. The molecule has 0 amide bonds. The van der Waals surface area contributed by atoms with Gasteiger partial charge in [0.2, 0.25) is 5.75 Å². The quantitative estimate of drug-likeness (QED) is 0.646. The van der Waals surface area contributed by atoms with Gasteiger partial charge in [0.1, 0.15) is 0 Å². The maximum absolute atomic E-state index is 13.9. The Hall–Kier alpha value is -2.96. The van der Waals surface area contributed by atoms with Gasteiger partial charge in [0.05, 0.1) is 39.7 Å². The molecule has 0 fully saturated rings. The molecule has 0 bridgehead atoms. The first kappa shape index (κ1) is 17.4. The van der Waals surface area contributed by atoms with E-state index in [9.17, 15) is 9.18 Å². The molecule has 0 aliphatic heterocycles. The highest BCUT2D eigenvalue weighted by Crippen LogP contribution is 2.44. The lowest BCUT2D eigenvalue weighted by Gasteiger charge is -2.17. The van der Waals surface area contributed by atoms with Crippen molar-refractivity contribution in [2.45, 2.75) is 0 Å². The van der Waals surface area contributed by atoms with E-state index in [0.29, 0.717) is 0 Å². The van der Waals surface area contributed by atoms with Crippen LogP contribution in [0.25, 0.3) is 0 Å². The van der Waals surface area contributed by atoms with E-state index in [1.807, 2.05) is 0 Å². The molecule has 2 N–H and O–H groups in total. The number of nitrogens with two attached hydrogens (primary N) is 1. The molecule has 0 saturated heterocycles. The predicted octanol–water partition coefficient (Wildman–Crippen LogP) is 2.67. The number of carbonyl (C=O) groups excluding carboxylic acids is 1. The fourth-order valence-electron chi connectivity index (χ4n) is 2.33. The van der Waals surface area contributed by atoms with Crippen molar-refractivity contribution in [2.24, 2.45) is 0 Å². The average molecular weight is 335 g/mol. The van der Waals surface area contributed by atoms with Crippen LogP contribution in [-0.2, 0) is 0 Å². The molecule has 0 radical (unpaired) electrons. The number of nitrogen functional groups attached to an aromatic ring is 1. The van der Waals surface area contributed by atoms with Crippen molar-refractivity contribution in [3.05, 3.63) is 41.2 Å². The molecule has 2 aromatic carbocycles. The Morgan fingerprint density at radius 3 is 2.04 bits per heavy atom. The number of benzene rings is 2. The summed E-state index contributed by atoms with van der Waals surface area (Å²) in [4.78, 5) is 12.7. The normalized spacial score (nSPS) is 10.2. The Morgan fingerprint density at radius 2 is 1.54 bits per heavy atom. The van der Waals surface area contributed by atoms with Crippen molar-refractivity contribution in [3.8, 4) is 23.0 Å². The van der Waals surface area contributed by atoms with Gasteiger partial charge in [-0.25, -0.2) is 4.39 Å². The molecule has 6 nitrogen and oxygen atoms in total. The minimum absolute atomic E-state index is 0.0458. The zero-order valence-electron chi connectivity index (χ0n) is 13.8. The lowest BCUT2D eigenvalue weighted by Crippen LogP contribution is -2.09. The van der Waals surface area contributed by atoms with Gasteiger partial charge in [0.25, 0.3) is 0 Å². The summed E-state index contributed by atoms with van der Waals surface area (Å²) in [5, 5.41) is 0. The fraction of sp³-hybridized carbons (Fsp3) is 0.235. The van der Waals surface area contributed by atoms with Crippen molar-refractivity contribution in [1.82, 2.24) is 0 Å². The molecule has 0 atom stereocenters. The molecule has 2 aromatic rings. The number of hydrogen-bond acceptors (Lipinski definition) is 6. The number of hydrogen-bond donors (Lipinski definition) is 1. The molecular weight excluding hydrogens is 317 g/mol. The number of ketones is 1. The minimum atomic E-state index is -0.644. The van der Waals surface area contributed by atoms with Crippen LogP contribution in [0.1, 0.15) is 15.9 Å². The van der Waals surface area contributed by atoms with Crippen LogP contribution in [-0.4, -0.2) is 34.2 Å². The monoisotopic (exact) mass is 335 g/mol. The second kappa shape index (κ2) is 7.08. The molecular formula is C17H18FNO5. The highest BCUT2D eigenvalue weighted by Gasteiger charge is 2.23. The van der Waals surface area contributed by atoms with Crippen LogP contribution in [0.5, 0.6) is 23.0 Å². The molecule has 24 heavy (non-hydrogen) atoms. The number of anilines is 1. The number of methoxy groups -OCH3 is 4. The van der Waals surface area contributed by atoms with E-state index in [1.54, 1.807) is 0 Å². The topological polar surface area (TPSA) is 80.0 Å². The molecule has 0 spiro atoms. The molecule has 0 aliphatic rings. The van der Waals surface area contributed by atoms with Gasteiger partial charge in [-0.3, -0.25) is 4.79 Å². The van der Waals surface area contributed by atoms with Crippen molar-refractivity contribution in [1.29, 1.82) is 0 Å². The Morgan fingerprint density at radius 1 is 0.917 bits per heavy atom. The summed E-state index contributed by atoms with van der Waals surface area (Å²) in [6.45, 7) is 0. The zero-order chi connectivity index (χ0) is 17.9. The third-order valence-electron chi connectivity index (χ3n) is 3.53. The molecule has 0 saturated carbocycles. The van der Waals surface area contributed by atoms with Crippen molar-refractivity contribution in [3.63, 3.8) is 0 Å². The summed E-state index contributed by atoms with van der Waals surface area (Å²) in [5.74, 6) is -0.350. The van der Waals surface area contributed by atoms with Gasteiger partial charge in [0.15, 0.2) is 28.8 Å².